The van der Waals surface area contributed by atoms with Gasteiger partial charge in [-0.3, -0.25) is 4.68 Å². The van der Waals surface area contributed by atoms with Gasteiger partial charge in [0.05, 0.1) is 17.3 Å². The monoisotopic (exact) mass is 489 g/mol. The van der Waals surface area contributed by atoms with Crippen LogP contribution in [0.5, 0.6) is 0 Å². The van der Waals surface area contributed by atoms with Crippen LogP contribution in [0.1, 0.15) is 50.5 Å². The molecule has 0 N–H and O–H groups in total. The number of aromatic nitrogens is 3. The van der Waals surface area contributed by atoms with Crippen LogP contribution in [0.2, 0.25) is 0 Å². The third kappa shape index (κ3) is 4.89. The fraction of sp³-hybridized carbons (Fsp3) is 0.444. The van der Waals surface area contributed by atoms with Gasteiger partial charge in [-0.1, -0.05) is 37.5 Å². The van der Waals surface area contributed by atoms with Crippen molar-refractivity contribution < 1.29 is 8.42 Å². The molecule has 35 heavy (non-hydrogen) atoms. The van der Waals surface area contributed by atoms with Gasteiger partial charge in [-0.15, -0.1) is 0 Å². The van der Waals surface area contributed by atoms with E-state index in [2.05, 4.69) is 16.2 Å². The van der Waals surface area contributed by atoms with Gasteiger partial charge in [0.25, 0.3) is 10.0 Å². The lowest BCUT2D eigenvalue weighted by molar-refractivity contribution is 0.0322. The summed E-state index contributed by atoms with van der Waals surface area (Å²) in [7, 11) is -3.70. The summed E-state index contributed by atoms with van der Waals surface area (Å²) in [6.45, 7) is 1.86. The number of rotatable bonds is 6. The van der Waals surface area contributed by atoms with Crippen molar-refractivity contribution in [2.75, 3.05) is 13.1 Å². The Labute approximate surface area is 207 Å². The Morgan fingerprint density at radius 1 is 1.00 bits per heavy atom. The lowest BCUT2D eigenvalue weighted by Gasteiger charge is -2.47. The second-order valence-electron chi connectivity index (χ2n) is 9.86. The first kappa shape index (κ1) is 23.7. The lowest BCUT2D eigenvalue weighted by Crippen LogP contribution is -2.48. The zero-order chi connectivity index (χ0) is 24.3. The van der Waals surface area contributed by atoms with Gasteiger partial charge in [-0.25, -0.2) is 13.4 Å². The average Bonchev–Trinajstić information content (AvgIpc) is 3.42. The number of sulfonamides is 1. The molecule has 3 heterocycles. The van der Waals surface area contributed by atoms with E-state index in [4.69, 9.17) is 5.26 Å². The second-order valence-corrected chi connectivity index (χ2v) is 11.7. The molecule has 1 aliphatic heterocycles. The third-order valence-electron chi connectivity index (χ3n) is 7.86. The summed E-state index contributed by atoms with van der Waals surface area (Å²) in [5.74, 6) is 0.614. The van der Waals surface area contributed by atoms with Gasteiger partial charge in [0.15, 0.2) is 5.03 Å². The Morgan fingerprint density at radius 2 is 1.74 bits per heavy atom. The average molecular weight is 490 g/mol. The molecule has 2 aromatic heterocycles. The molecule has 0 radical (unpaired) electrons. The van der Waals surface area contributed by atoms with E-state index in [0.29, 0.717) is 30.3 Å². The van der Waals surface area contributed by atoms with Crippen LogP contribution in [0.3, 0.4) is 0 Å². The van der Waals surface area contributed by atoms with E-state index in [-0.39, 0.29) is 10.4 Å². The summed E-state index contributed by atoms with van der Waals surface area (Å²) in [6.07, 6.45) is 11.8. The molecular formula is C27H31N5O2S. The van der Waals surface area contributed by atoms with Gasteiger partial charge < -0.3 is 0 Å². The van der Waals surface area contributed by atoms with Crippen molar-refractivity contribution in [3.8, 4) is 17.3 Å². The molecule has 0 atom stereocenters. The molecule has 0 amide bonds. The minimum atomic E-state index is -3.70. The van der Waals surface area contributed by atoms with E-state index in [1.54, 1.807) is 46.8 Å². The van der Waals surface area contributed by atoms with Gasteiger partial charge in [0, 0.05) is 37.6 Å². The molecule has 0 spiro atoms. The predicted molar refractivity (Wildman–Crippen MR) is 134 cm³/mol. The van der Waals surface area contributed by atoms with E-state index in [0.717, 1.165) is 24.9 Å². The van der Waals surface area contributed by atoms with Crippen LogP contribution in [0, 0.1) is 22.7 Å². The minimum Gasteiger partial charge on any atom is -0.272 e. The molecule has 0 bridgehead atoms. The van der Waals surface area contributed by atoms with E-state index in [9.17, 15) is 8.42 Å². The summed E-state index contributed by atoms with van der Waals surface area (Å²) in [5, 5.41) is 13.6. The maximum absolute atomic E-state index is 13.6. The van der Waals surface area contributed by atoms with Crippen molar-refractivity contribution in [1.82, 2.24) is 19.1 Å². The van der Waals surface area contributed by atoms with Crippen molar-refractivity contribution in [3.63, 3.8) is 0 Å². The van der Waals surface area contributed by atoms with E-state index in [1.165, 1.54) is 32.1 Å². The van der Waals surface area contributed by atoms with Gasteiger partial charge >= 0.3 is 0 Å². The van der Waals surface area contributed by atoms with Crippen molar-refractivity contribution in [2.45, 2.75) is 56.5 Å². The van der Waals surface area contributed by atoms with Crippen molar-refractivity contribution in [3.05, 3.63) is 66.5 Å². The Hall–Kier alpha value is -3.02. The predicted octanol–water partition coefficient (Wildman–Crippen LogP) is 4.87. The molecule has 2 fully saturated rings. The third-order valence-corrected chi connectivity index (χ3v) is 9.66. The molecule has 1 saturated carbocycles. The fourth-order valence-corrected chi connectivity index (χ4v) is 7.26. The lowest BCUT2D eigenvalue weighted by atomic mass is 9.64. The maximum Gasteiger partial charge on any atom is 0.260 e. The highest BCUT2D eigenvalue weighted by Gasteiger charge is 2.44. The highest BCUT2D eigenvalue weighted by Crippen LogP contribution is 2.47. The summed E-state index contributed by atoms with van der Waals surface area (Å²) >= 11 is 0. The maximum atomic E-state index is 13.6. The zero-order valence-corrected chi connectivity index (χ0v) is 20.7. The first-order valence-corrected chi connectivity index (χ1v) is 13.9. The quantitative estimate of drug-likeness (QED) is 0.493. The van der Waals surface area contributed by atoms with Crippen LogP contribution in [0.15, 0.2) is 66.0 Å². The second kappa shape index (κ2) is 9.92. The Balaban J connectivity index is 1.36. The summed E-state index contributed by atoms with van der Waals surface area (Å²) < 4.78 is 30.8. The smallest absolute Gasteiger partial charge is 0.260 e. The Kier molecular flexibility index (Phi) is 6.72. The molecule has 0 unspecified atom stereocenters. The molecule has 1 saturated heterocycles. The fourth-order valence-electron chi connectivity index (χ4n) is 5.87. The number of hydrogen-bond donors (Lipinski definition) is 0. The largest absolute Gasteiger partial charge is 0.272 e. The SMILES string of the molecule is N#Cc1ccc(-c2cccc(S(=O)(=O)N3CCC(Cn4cccn4)(C4CCCCC4)CC3)n2)cc1. The first-order valence-electron chi connectivity index (χ1n) is 12.5. The molecular weight excluding hydrogens is 458 g/mol. The van der Waals surface area contributed by atoms with E-state index in [1.807, 2.05) is 23.1 Å². The number of pyridine rings is 1. The number of nitrogens with zero attached hydrogens (tertiary/aromatic N) is 5. The molecule has 182 valence electrons. The van der Waals surface area contributed by atoms with E-state index < -0.39 is 10.0 Å². The van der Waals surface area contributed by atoms with Gasteiger partial charge in [0.2, 0.25) is 0 Å². The first-order chi connectivity index (χ1) is 17.0. The topological polar surface area (TPSA) is 91.9 Å². The number of piperidine rings is 1. The summed E-state index contributed by atoms with van der Waals surface area (Å²) in [6, 6.07) is 16.2. The highest BCUT2D eigenvalue weighted by molar-refractivity contribution is 7.89. The minimum absolute atomic E-state index is 0.0796. The number of nitriles is 1. The van der Waals surface area contributed by atoms with Gasteiger partial charge in [-0.05, 0) is 67.3 Å². The van der Waals surface area contributed by atoms with Crippen LogP contribution in [0.25, 0.3) is 11.3 Å². The van der Waals surface area contributed by atoms with Gasteiger partial charge in [-0.2, -0.15) is 14.7 Å². The van der Waals surface area contributed by atoms with Crippen LogP contribution in [-0.2, 0) is 16.6 Å². The molecule has 7 nitrogen and oxygen atoms in total. The van der Waals surface area contributed by atoms with Crippen LogP contribution in [0.4, 0.5) is 0 Å². The molecule has 8 heteroatoms. The number of benzene rings is 1. The number of hydrogen-bond acceptors (Lipinski definition) is 5. The zero-order valence-electron chi connectivity index (χ0n) is 19.9. The molecule has 1 aliphatic carbocycles. The normalized spacial score (nSPS) is 19.3. The highest BCUT2D eigenvalue weighted by atomic mass is 32.2. The van der Waals surface area contributed by atoms with Crippen molar-refractivity contribution >= 4 is 10.0 Å². The Bertz CT molecular complexity index is 1280. The molecule has 3 aromatic rings. The van der Waals surface area contributed by atoms with Crippen LogP contribution >= 0.6 is 0 Å². The van der Waals surface area contributed by atoms with Crippen LogP contribution < -0.4 is 0 Å². The summed E-state index contributed by atoms with van der Waals surface area (Å²) in [5.41, 5.74) is 2.01. The van der Waals surface area contributed by atoms with Crippen LogP contribution in [-0.4, -0.2) is 40.6 Å². The molecule has 1 aromatic carbocycles. The van der Waals surface area contributed by atoms with Crippen molar-refractivity contribution in [2.24, 2.45) is 11.3 Å². The summed E-state index contributed by atoms with van der Waals surface area (Å²) in [4.78, 5) is 4.51. The molecule has 2 aliphatic rings. The van der Waals surface area contributed by atoms with Crippen molar-refractivity contribution in [1.29, 1.82) is 5.26 Å². The molecule has 5 rings (SSSR count). The Morgan fingerprint density at radius 3 is 2.40 bits per heavy atom. The van der Waals surface area contributed by atoms with E-state index >= 15 is 0 Å². The van der Waals surface area contributed by atoms with Gasteiger partial charge in [0.1, 0.15) is 0 Å². The standard InChI is InChI=1S/C27H31N5O2S/c28-20-22-10-12-23(13-11-22)25-8-4-9-26(30-25)35(33,34)32-18-14-27(15-19-32,21-31-17-5-16-29-31)24-6-2-1-3-7-24/h4-5,8-13,16-17,24H,1-3,6-7,14-15,18-19,21H2.